The summed E-state index contributed by atoms with van der Waals surface area (Å²) in [6, 6.07) is 10.6. The molecule has 2 rings (SSSR count). The van der Waals surface area contributed by atoms with Gasteiger partial charge in [-0.1, -0.05) is 0 Å². The van der Waals surface area contributed by atoms with Gasteiger partial charge in [0.1, 0.15) is 23.0 Å². The molecule has 1 aromatic heterocycles. The molecular weight excluding hydrogens is 270 g/mol. The summed E-state index contributed by atoms with van der Waals surface area (Å²) in [5, 5.41) is 2.82. The van der Waals surface area contributed by atoms with E-state index in [1.54, 1.807) is 31.4 Å². The number of nitrogens with one attached hydrogen (secondary N) is 1. The van der Waals surface area contributed by atoms with Crippen LogP contribution in [0.5, 0.6) is 11.5 Å². The van der Waals surface area contributed by atoms with E-state index in [2.05, 4.69) is 5.32 Å². The maximum Gasteiger partial charge on any atom is 0.258 e. The van der Waals surface area contributed by atoms with Gasteiger partial charge in [-0.25, -0.2) is 0 Å². The quantitative estimate of drug-likeness (QED) is 0.888. The van der Waals surface area contributed by atoms with Gasteiger partial charge in [0.05, 0.1) is 13.2 Å². The summed E-state index contributed by atoms with van der Waals surface area (Å²) >= 11 is 0. The van der Waals surface area contributed by atoms with Gasteiger partial charge in [-0.2, -0.15) is 0 Å². The normalized spacial score (nSPS) is 11.8. The summed E-state index contributed by atoms with van der Waals surface area (Å²) in [7, 11) is 1.60. The van der Waals surface area contributed by atoms with Crippen LogP contribution < -0.4 is 14.8 Å². The second-order valence-corrected chi connectivity index (χ2v) is 4.70. The number of carbonyl (C=O) groups excluding carboxylic acids is 1. The van der Waals surface area contributed by atoms with Gasteiger partial charge in [0.2, 0.25) is 0 Å². The molecule has 1 aromatic carbocycles. The summed E-state index contributed by atoms with van der Waals surface area (Å²) in [5.74, 6) is 2.71. The molecule has 112 valence electrons. The number of benzene rings is 1. The first-order chi connectivity index (χ1) is 10.1. The van der Waals surface area contributed by atoms with Crippen molar-refractivity contribution in [2.24, 2.45) is 0 Å². The molecule has 1 atom stereocenters. The van der Waals surface area contributed by atoms with Crippen LogP contribution in [0.4, 0.5) is 0 Å². The molecule has 0 fully saturated rings. The highest BCUT2D eigenvalue weighted by molar-refractivity contribution is 5.77. The largest absolute Gasteiger partial charge is 0.497 e. The first-order valence-corrected chi connectivity index (χ1v) is 6.71. The van der Waals surface area contributed by atoms with Crippen molar-refractivity contribution in [2.45, 2.75) is 19.9 Å². The predicted molar refractivity (Wildman–Crippen MR) is 78.5 cm³/mol. The molecule has 5 heteroatoms. The number of rotatable bonds is 6. The van der Waals surface area contributed by atoms with Crippen LogP contribution in [0.15, 0.2) is 40.8 Å². The Morgan fingerprint density at radius 3 is 2.43 bits per heavy atom. The van der Waals surface area contributed by atoms with Crippen LogP contribution in [-0.4, -0.2) is 19.6 Å². The number of methoxy groups -OCH3 is 1. The molecule has 0 radical (unpaired) electrons. The SMILES string of the molecule is COc1ccc(OCC(=O)NC(C)c2ccc(C)o2)cc1. The van der Waals surface area contributed by atoms with Gasteiger partial charge in [0, 0.05) is 0 Å². The Balaban J connectivity index is 1.81. The lowest BCUT2D eigenvalue weighted by atomic mass is 10.2. The fourth-order valence-corrected chi connectivity index (χ4v) is 1.86. The van der Waals surface area contributed by atoms with Gasteiger partial charge in [-0.15, -0.1) is 0 Å². The van der Waals surface area contributed by atoms with Crippen LogP contribution in [-0.2, 0) is 4.79 Å². The van der Waals surface area contributed by atoms with Crippen molar-refractivity contribution in [2.75, 3.05) is 13.7 Å². The minimum Gasteiger partial charge on any atom is -0.497 e. The van der Waals surface area contributed by atoms with E-state index >= 15 is 0 Å². The van der Waals surface area contributed by atoms with Gasteiger partial charge in [0.25, 0.3) is 5.91 Å². The molecule has 1 N–H and O–H groups in total. The topological polar surface area (TPSA) is 60.7 Å². The number of hydrogen-bond acceptors (Lipinski definition) is 4. The molecule has 1 unspecified atom stereocenters. The standard InChI is InChI=1S/C16H19NO4/c1-11-4-9-15(21-11)12(2)17-16(18)10-20-14-7-5-13(19-3)6-8-14/h4-9,12H,10H2,1-3H3,(H,17,18). The highest BCUT2D eigenvalue weighted by Gasteiger charge is 2.13. The zero-order chi connectivity index (χ0) is 15.2. The Bertz CT molecular complexity index is 589. The van der Waals surface area contributed by atoms with Crippen molar-refractivity contribution >= 4 is 5.91 Å². The molecule has 0 aliphatic heterocycles. The molecule has 1 amide bonds. The maximum atomic E-state index is 11.8. The van der Waals surface area contributed by atoms with Crippen LogP contribution in [0.3, 0.4) is 0 Å². The third kappa shape index (κ3) is 4.27. The Labute approximate surface area is 123 Å². The number of furan rings is 1. The average Bonchev–Trinajstić information content (AvgIpc) is 2.92. The fraction of sp³-hybridized carbons (Fsp3) is 0.312. The second kappa shape index (κ2) is 6.83. The van der Waals surface area contributed by atoms with Crippen molar-refractivity contribution in [1.82, 2.24) is 5.32 Å². The molecule has 0 bridgehead atoms. The minimum absolute atomic E-state index is 0.0453. The zero-order valence-electron chi connectivity index (χ0n) is 12.4. The van der Waals surface area contributed by atoms with Crippen molar-refractivity contribution in [3.05, 3.63) is 47.9 Å². The van der Waals surface area contributed by atoms with Gasteiger partial charge >= 0.3 is 0 Å². The number of aryl methyl sites for hydroxylation is 1. The fourth-order valence-electron chi connectivity index (χ4n) is 1.86. The summed E-state index contributed by atoms with van der Waals surface area (Å²) in [4.78, 5) is 11.8. The molecule has 2 aromatic rings. The van der Waals surface area contributed by atoms with Crippen LogP contribution in [0.25, 0.3) is 0 Å². The van der Waals surface area contributed by atoms with Gasteiger partial charge in [-0.3, -0.25) is 4.79 Å². The molecule has 0 aliphatic rings. The third-order valence-corrected chi connectivity index (χ3v) is 2.99. The molecular formula is C16H19NO4. The second-order valence-electron chi connectivity index (χ2n) is 4.70. The number of hydrogen-bond donors (Lipinski definition) is 1. The zero-order valence-corrected chi connectivity index (χ0v) is 12.4. The van der Waals surface area contributed by atoms with Crippen LogP contribution in [0.2, 0.25) is 0 Å². The van der Waals surface area contributed by atoms with Crippen molar-refractivity contribution < 1.29 is 18.7 Å². The smallest absolute Gasteiger partial charge is 0.258 e. The lowest BCUT2D eigenvalue weighted by Crippen LogP contribution is -2.31. The summed E-state index contributed by atoms with van der Waals surface area (Å²) in [5.41, 5.74) is 0. The van der Waals surface area contributed by atoms with Crippen LogP contribution in [0.1, 0.15) is 24.5 Å². The van der Waals surface area contributed by atoms with Crippen molar-refractivity contribution in [3.63, 3.8) is 0 Å². The monoisotopic (exact) mass is 289 g/mol. The molecule has 0 saturated carbocycles. The van der Waals surface area contributed by atoms with E-state index in [0.29, 0.717) is 5.75 Å². The Morgan fingerprint density at radius 1 is 1.19 bits per heavy atom. The first-order valence-electron chi connectivity index (χ1n) is 6.71. The minimum atomic E-state index is -0.202. The Hall–Kier alpha value is -2.43. The van der Waals surface area contributed by atoms with E-state index in [4.69, 9.17) is 13.9 Å². The highest BCUT2D eigenvalue weighted by Crippen LogP contribution is 2.17. The van der Waals surface area contributed by atoms with E-state index in [0.717, 1.165) is 17.3 Å². The summed E-state index contributed by atoms with van der Waals surface area (Å²) < 4.78 is 15.9. The van der Waals surface area contributed by atoms with E-state index in [-0.39, 0.29) is 18.6 Å². The maximum absolute atomic E-state index is 11.8. The van der Waals surface area contributed by atoms with Crippen LogP contribution in [0, 0.1) is 6.92 Å². The molecule has 0 aliphatic carbocycles. The van der Waals surface area contributed by atoms with Crippen molar-refractivity contribution in [1.29, 1.82) is 0 Å². The van der Waals surface area contributed by atoms with Gasteiger partial charge < -0.3 is 19.2 Å². The number of ether oxygens (including phenoxy) is 2. The van der Waals surface area contributed by atoms with E-state index in [9.17, 15) is 4.79 Å². The molecule has 1 heterocycles. The predicted octanol–water partition coefficient (Wildman–Crippen LogP) is 2.85. The highest BCUT2D eigenvalue weighted by atomic mass is 16.5. The lowest BCUT2D eigenvalue weighted by molar-refractivity contribution is -0.123. The summed E-state index contributed by atoms with van der Waals surface area (Å²) in [6.07, 6.45) is 0. The van der Waals surface area contributed by atoms with Crippen molar-refractivity contribution in [3.8, 4) is 11.5 Å². The Morgan fingerprint density at radius 2 is 1.86 bits per heavy atom. The van der Waals surface area contributed by atoms with Gasteiger partial charge in [0.15, 0.2) is 6.61 Å². The lowest BCUT2D eigenvalue weighted by Gasteiger charge is -2.12. The van der Waals surface area contributed by atoms with E-state index in [1.165, 1.54) is 0 Å². The molecule has 0 saturated heterocycles. The Kier molecular flexibility index (Phi) is 4.87. The van der Waals surface area contributed by atoms with Gasteiger partial charge in [-0.05, 0) is 50.2 Å². The number of amides is 1. The summed E-state index contributed by atoms with van der Waals surface area (Å²) in [6.45, 7) is 3.69. The molecule has 21 heavy (non-hydrogen) atoms. The van der Waals surface area contributed by atoms with Crippen LogP contribution >= 0.6 is 0 Å². The first kappa shape index (κ1) is 15.0. The van der Waals surface area contributed by atoms with E-state index in [1.807, 2.05) is 26.0 Å². The molecule has 0 spiro atoms. The average molecular weight is 289 g/mol. The van der Waals surface area contributed by atoms with E-state index < -0.39 is 0 Å². The molecule has 5 nitrogen and oxygen atoms in total. The number of carbonyl (C=O) groups is 1. The third-order valence-electron chi connectivity index (χ3n) is 2.99.